The van der Waals surface area contributed by atoms with E-state index in [1.54, 1.807) is 25.1 Å². The van der Waals surface area contributed by atoms with Crippen molar-refractivity contribution in [2.24, 2.45) is 0 Å². The lowest BCUT2D eigenvalue weighted by molar-refractivity contribution is 0.672. The second-order valence-corrected chi connectivity index (χ2v) is 8.77. The molecule has 0 bridgehead atoms. The zero-order chi connectivity index (χ0) is 18.6. The van der Waals surface area contributed by atoms with Gasteiger partial charge in [0.25, 0.3) is 0 Å². The summed E-state index contributed by atoms with van der Waals surface area (Å²) >= 11 is 1.64. The maximum Gasteiger partial charge on any atom is 0.225 e. The van der Waals surface area contributed by atoms with Crippen LogP contribution in [0, 0.1) is 0 Å². The molecule has 3 aromatic rings. The van der Waals surface area contributed by atoms with Crippen molar-refractivity contribution in [3.05, 3.63) is 42.2 Å². The number of rotatable bonds is 5. The minimum atomic E-state index is -0.742. The van der Waals surface area contributed by atoms with E-state index in [9.17, 15) is 4.21 Å². The molecule has 1 N–H and O–H groups in total. The van der Waals surface area contributed by atoms with Crippen molar-refractivity contribution in [1.82, 2.24) is 19.9 Å². The molecule has 3 heterocycles. The van der Waals surface area contributed by atoms with Gasteiger partial charge in [-0.1, -0.05) is 42.1 Å². The van der Waals surface area contributed by atoms with Crippen molar-refractivity contribution in [2.45, 2.75) is 10.8 Å². The van der Waals surface area contributed by atoms with Crippen molar-refractivity contribution < 1.29 is 4.21 Å². The average molecular weight is 401 g/mol. The van der Waals surface area contributed by atoms with E-state index in [0.717, 1.165) is 27.6 Å². The van der Waals surface area contributed by atoms with Crippen molar-refractivity contribution >= 4 is 45.4 Å². The summed E-state index contributed by atoms with van der Waals surface area (Å²) in [5, 5.41) is 3.87. The first-order valence-electron chi connectivity index (χ1n) is 8.72. The molecule has 7 nitrogen and oxygen atoms in total. The second kappa shape index (κ2) is 8.18. The largest absolute Gasteiger partial charge is 0.357 e. The Morgan fingerprint density at radius 3 is 2.63 bits per heavy atom. The summed E-state index contributed by atoms with van der Waals surface area (Å²) < 4.78 is 11.7. The van der Waals surface area contributed by atoms with Gasteiger partial charge in [0.15, 0.2) is 5.82 Å². The summed E-state index contributed by atoms with van der Waals surface area (Å²) in [6.45, 7) is 1.41. The highest BCUT2D eigenvalue weighted by Gasteiger charge is 2.22. The minimum Gasteiger partial charge on any atom is -0.357 e. The Labute approximate surface area is 164 Å². The van der Waals surface area contributed by atoms with Crippen LogP contribution >= 0.6 is 11.8 Å². The van der Waals surface area contributed by atoms with E-state index in [1.807, 2.05) is 18.2 Å². The molecule has 0 spiro atoms. The first kappa shape index (κ1) is 18.1. The van der Waals surface area contributed by atoms with Gasteiger partial charge in [-0.2, -0.15) is 4.98 Å². The van der Waals surface area contributed by atoms with Crippen LogP contribution in [-0.2, 0) is 16.6 Å². The first-order valence-corrected chi connectivity index (χ1v) is 11.2. The molecule has 0 radical (unpaired) electrons. The minimum absolute atomic E-state index is 0.542. The number of aromatic nitrogens is 4. The van der Waals surface area contributed by atoms with Gasteiger partial charge in [0, 0.05) is 48.2 Å². The van der Waals surface area contributed by atoms with Gasteiger partial charge in [-0.25, -0.2) is 15.0 Å². The Hall–Kier alpha value is -2.26. The fourth-order valence-electron chi connectivity index (χ4n) is 2.92. The zero-order valence-electron chi connectivity index (χ0n) is 15.0. The first-order chi connectivity index (χ1) is 13.2. The second-order valence-electron chi connectivity index (χ2n) is 6.11. The maximum atomic E-state index is 11.7. The summed E-state index contributed by atoms with van der Waals surface area (Å²) in [6, 6.07) is 10.3. The third kappa shape index (κ3) is 4.03. The van der Waals surface area contributed by atoms with Crippen LogP contribution in [0.25, 0.3) is 11.0 Å². The molecular weight excluding hydrogens is 380 g/mol. The summed E-state index contributed by atoms with van der Waals surface area (Å²) in [4.78, 5) is 20.3. The molecule has 1 aliphatic heterocycles. The Kier molecular flexibility index (Phi) is 5.49. The molecule has 4 rings (SSSR count). The molecule has 0 amide bonds. The molecule has 1 saturated heterocycles. The Morgan fingerprint density at radius 2 is 1.89 bits per heavy atom. The van der Waals surface area contributed by atoms with Gasteiger partial charge in [0.2, 0.25) is 5.95 Å². The Morgan fingerprint density at radius 1 is 1.11 bits per heavy atom. The summed E-state index contributed by atoms with van der Waals surface area (Å²) in [6.07, 6.45) is 1.57. The van der Waals surface area contributed by atoms with Crippen molar-refractivity contribution in [3.8, 4) is 0 Å². The third-order valence-corrected chi connectivity index (χ3v) is 6.67. The summed E-state index contributed by atoms with van der Waals surface area (Å²) in [7, 11) is 1.06. The number of thioether (sulfide) groups is 1. The summed E-state index contributed by atoms with van der Waals surface area (Å²) in [5.74, 6) is 3.44. The molecule has 1 fully saturated rings. The third-order valence-electron chi connectivity index (χ3n) is 4.35. The Balaban J connectivity index is 1.71. The standard InChI is InChI=1S/C18H20N6OS2/c1-19-18-22-15-14(16(23-18)24-7-9-27(25)10-8-24)20-12-21-17(15)26-11-13-5-3-2-4-6-13/h2-6,12H,7-11H2,1H3,(H,19,22,23). The van der Waals surface area contributed by atoms with Crippen molar-refractivity contribution in [3.63, 3.8) is 0 Å². The molecule has 140 valence electrons. The molecule has 0 atom stereocenters. The highest BCUT2D eigenvalue weighted by atomic mass is 32.2. The molecule has 9 heteroatoms. The number of nitrogens with one attached hydrogen (secondary N) is 1. The van der Waals surface area contributed by atoms with Gasteiger partial charge in [-0.15, -0.1) is 0 Å². The van der Waals surface area contributed by atoms with E-state index in [2.05, 4.69) is 42.3 Å². The highest BCUT2D eigenvalue weighted by Crippen LogP contribution is 2.31. The van der Waals surface area contributed by atoms with E-state index >= 15 is 0 Å². The van der Waals surface area contributed by atoms with Gasteiger partial charge >= 0.3 is 0 Å². The fourth-order valence-corrected chi connectivity index (χ4v) is 4.87. The number of hydrogen-bond acceptors (Lipinski definition) is 8. The molecule has 1 aromatic carbocycles. The van der Waals surface area contributed by atoms with E-state index in [0.29, 0.717) is 30.5 Å². The molecule has 0 aliphatic carbocycles. The van der Waals surface area contributed by atoms with Gasteiger partial charge in [-0.05, 0) is 5.56 Å². The molecule has 0 saturated carbocycles. The zero-order valence-corrected chi connectivity index (χ0v) is 16.6. The quantitative estimate of drug-likeness (QED) is 0.516. The van der Waals surface area contributed by atoms with E-state index in [-0.39, 0.29) is 0 Å². The number of fused-ring (bicyclic) bond motifs is 1. The molecule has 1 aliphatic rings. The molecule has 0 unspecified atom stereocenters. The van der Waals surface area contributed by atoms with Crippen molar-refractivity contribution in [2.75, 3.05) is 41.9 Å². The lowest BCUT2D eigenvalue weighted by atomic mass is 10.2. The van der Waals surface area contributed by atoms with Crippen LogP contribution in [0.2, 0.25) is 0 Å². The van der Waals surface area contributed by atoms with E-state index in [1.165, 1.54) is 5.56 Å². The van der Waals surface area contributed by atoms with Crippen LogP contribution in [0.3, 0.4) is 0 Å². The van der Waals surface area contributed by atoms with E-state index < -0.39 is 10.8 Å². The van der Waals surface area contributed by atoms with Crippen LogP contribution in [0.1, 0.15) is 5.56 Å². The monoisotopic (exact) mass is 400 g/mol. The fraction of sp³-hybridized carbons (Fsp3) is 0.333. The molecular formula is C18H20N6OS2. The van der Waals surface area contributed by atoms with Crippen molar-refractivity contribution in [1.29, 1.82) is 0 Å². The molecule has 27 heavy (non-hydrogen) atoms. The predicted octanol–water partition coefficient (Wildman–Crippen LogP) is 2.32. The highest BCUT2D eigenvalue weighted by molar-refractivity contribution is 7.98. The van der Waals surface area contributed by atoms with Gasteiger partial charge in [0.05, 0.1) is 0 Å². The van der Waals surface area contributed by atoms with Gasteiger partial charge in [0.1, 0.15) is 22.4 Å². The van der Waals surface area contributed by atoms with Crippen LogP contribution in [0.5, 0.6) is 0 Å². The smallest absolute Gasteiger partial charge is 0.225 e. The topological polar surface area (TPSA) is 83.9 Å². The summed E-state index contributed by atoms with van der Waals surface area (Å²) in [5.41, 5.74) is 2.72. The predicted molar refractivity (Wildman–Crippen MR) is 111 cm³/mol. The van der Waals surface area contributed by atoms with Crippen LogP contribution < -0.4 is 10.2 Å². The number of anilines is 2. The number of hydrogen-bond donors (Lipinski definition) is 1. The maximum absolute atomic E-state index is 11.7. The lowest BCUT2D eigenvalue weighted by Gasteiger charge is -2.28. The van der Waals surface area contributed by atoms with E-state index in [4.69, 9.17) is 0 Å². The lowest BCUT2D eigenvalue weighted by Crippen LogP contribution is -2.38. The Bertz CT molecular complexity index is 959. The van der Waals surface area contributed by atoms with Crippen LogP contribution in [-0.4, -0.2) is 55.8 Å². The number of nitrogens with zero attached hydrogens (tertiary/aromatic N) is 5. The molecule has 2 aromatic heterocycles. The van der Waals surface area contributed by atoms with Crippen LogP contribution in [0.15, 0.2) is 41.7 Å². The van der Waals surface area contributed by atoms with Crippen LogP contribution in [0.4, 0.5) is 11.8 Å². The SMILES string of the molecule is CNc1nc(N2CCS(=O)CC2)c2ncnc(SCc3ccccc3)c2n1. The normalized spacial score (nSPS) is 15.2. The van der Waals surface area contributed by atoms with Gasteiger partial charge in [-0.3, -0.25) is 4.21 Å². The number of benzene rings is 1. The van der Waals surface area contributed by atoms with Gasteiger partial charge < -0.3 is 10.2 Å². The average Bonchev–Trinajstić information content (AvgIpc) is 2.73.